The fourth-order valence-electron chi connectivity index (χ4n) is 1.64. The number of sulfonamides is 1. The van der Waals surface area contributed by atoms with Gasteiger partial charge in [-0.25, -0.2) is 13.1 Å². The molecule has 0 bridgehead atoms. The van der Waals surface area contributed by atoms with E-state index in [4.69, 9.17) is 5.73 Å². The molecule has 0 unspecified atom stereocenters. The predicted octanol–water partition coefficient (Wildman–Crippen LogP) is 2.88. The van der Waals surface area contributed by atoms with Gasteiger partial charge in [0.25, 0.3) is 0 Å². The molecule has 1 aromatic carbocycles. The number of aryl methyl sites for hydroxylation is 1. The van der Waals surface area contributed by atoms with Crippen molar-refractivity contribution < 1.29 is 8.42 Å². The first-order valence-corrected chi connectivity index (χ1v) is 8.58. The maximum absolute atomic E-state index is 12.2. The Bertz CT molecular complexity index is 696. The Morgan fingerprint density at radius 1 is 1.37 bits per heavy atom. The molecule has 102 valence electrons. The van der Waals surface area contributed by atoms with Crippen LogP contribution in [0.4, 0.5) is 5.69 Å². The van der Waals surface area contributed by atoms with E-state index in [1.54, 1.807) is 25.1 Å². The second-order valence-electron chi connectivity index (χ2n) is 3.99. The van der Waals surface area contributed by atoms with Crippen LogP contribution >= 0.6 is 27.3 Å². The molecule has 0 atom stereocenters. The van der Waals surface area contributed by atoms with E-state index in [1.807, 2.05) is 12.1 Å². The lowest BCUT2D eigenvalue weighted by Gasteiger charge is -2.08. The van der Waals surface area contributed by atoms with Gasteiger partial charge in [0.05, 0.1) is 8.68 Å². The fraction of sp³-hybridized carbons (Fsp3) is 0.167. The lowest BCUT2D eigenvalue weighted by atomic mass is 10.2. The Balaban J connectivity index is 2.19. The van der Waals surface area contributed by atoms with Gasteiger partial charge in [-0.1, -0.05) is 18.2 Å². The van der Waals surface area contributed by atoms with Gasteiger partial charge in [-0.3, -0.25) is 0 Å². The van der Waals surface area contributed by atoms with Gasteiger partial charge in [0.15, 0.2) is 0 Å². The van der Waals surface area contributed by atoms with E-state index < -0.39 is 10.0 Å². The molecule has 0 saturated carbocycles. The smallest absolute Gasteiger partial charge is 0.242 e. The van der Waals surface area contributed by atoms with Gasteiger partial charge in [-0.2, -0.15) is 0 Å². The number of para-hydroxylation sites is 1. The zero-order valence-electron chi connectivity index (χ0n) is 10.2. The van der Waals surface area contributed by atoms with Gasteiger partial charge >= 0.3 is 0 Å². The van der Waals surface area contributed by atoms with Crippen LogP contribution in [0.25, 0.3) is 0 Å². The lowest BCUT2D eigenvalue weighted by Crippen LogP contribution is -2.23. The summed E-state index contributed by atoms with van der Waals surface area (Å²) >= 11 is 4.68. The predicted molar refractivity (Wildman–Crippen MR) is 81.6 cm³/mol. The average Bonchev–Trinajstić information content (AvgIpc) is 2.68. The van der Waals surface area contributed by atoms with E-state index in [1.165, 1.54) is 11.3 Å². The highest BCUT2D eigenvalue weighted by atomic mass is 79.9. The summed E-state index contributed by atoms with van der Waals surface area (Å²) in [5, 5.41) is 0. The summed E-state index contributed by atoms with van der Waals surface area (Å²) in [5.74, 6) is 0. The number of rotatable bonds is 4. The molecule has 0 saturated heterocycles. The molecule has 0 amide bonds. The minimum atomic E-state index is -3.51. The second-order valence-corrected chi connectivity index (χ2v) is 8.37. The van der Waals surface area contributed by atoms with E-state index in [-0.39, 0.29) is 6.54 Å². The number of hydrogen-bond donors (Lipinski definition) is 2. The molecule has 0 aliphatic heterocycles. The van der Waals surface area contributed by atoms with Crippen LogP contribution in [0.15, 0.2) is 39.0 Å². The van der Waals surface area contributed by atoms with Crippen molar-refractivity contribution in [2.45, 2.75) is 18.4 Å². The van der Waals surface area contributed by atoms with Crippen molar-refractivity contribution in [3.05, 3.63) is 44.6 Å². The van der Waals surface area contributed by atoms with Gasteiger partial charge in [-0.15, -0.1) is 11.3 Å². The first-order chi connectivity index (χ1) is 8.90. The van der Waals surface area contributed by atoms with Crippen molar-refractivity contribution in [3.8, 4) is 0 Å². The number of nitrogens with one attached hydrogen (secondary N) is 1. The second kappa shape index (κ2) is 5.62. The summed E-state index contributed by atoms with van der Waals surface area (Å²) in [5.41, 5.74) is 7.12. The molecule has 1 heterocycles. The molecule has 3 N–H and O–H groups in total. The van der Waals surface area contributed by atoms with E-state index in [0.717, 1.165) is 14.2 Å². The molecule has 0 radical (unpaired) electrons. The third kappa shape index (κ3) is 3.36. The summed E-state index contributed by atoms with van der Waals surface area (Å²) < 4.78 is 27.7. The van der Waals surface area contributed by atoms with Gasteiger partial charge in [0, 0.05) is 17.1 Å². The van der Waals surface area contributed by atoms with Gasteiger partial charge in [-0.05, 0) is 40.5 Å². The molecule has 1 aromatic heterocycles. The fourth-order valence-corrected chi connectivity index (χ4v) is 5.06. The Morgan fingerprint density at radius 2 is 2.05 bits per heavy atom. The highest BCUT2D eigenvalue weighted by Gasteiger charge is 2.19. The minimum Gasteiger partial charge on any atom is -0.398 e. The van der Waals surface area contributed by atoms with Crippen LogP contribution in [0.2, 0.25) is 0 Å². The number of halogens is 1. The Labute approximate surface area is 124 Å². The Morgan fingerprint density at radius 3 is 2.63 bits per heavy atom. The van der Waals surface area contributed by atoms with Gasteiger partial charge in [0.1, 0.15) is 0 Å². The summed E-state index contributed by atoms with van der Waals surface area (Å²) in [4.78, 5) is 1.05. The summed E-state index contributed by atoms with van der Waals surface area (Å²) in [6, 6.07) is 8.79. The molecule has 0 aliphatic rings. The van der Waals surface area contributed by atoms with E-state index in [0.29, 0.717) is 10.6 Å². The summed E-state index contributed by atoms with van der Waals surface area (Å²) in [7, 11) is -3.51. The highest BCUT2D eigenvalue weighted by molar-refractivity contribution is 9.11. The van der Waals surface area contributed by atoms with Gasteiger partial charge < -0.3 is 5.73 Å². The largest absolute Gasteiger partial charge is 0.398 e. The Kier molecular flexibility index (Phi) is 4.29. The minimum absolute atomic E-state index is 0.182. The molecule has 0 aliphatic carbocycles. The van der Waals surface area contributed by atoms with E-state index in [2.05, 4.69) is 20.7 Å². The van der Waals surface area contributed by atoms with Crippen molar-refractivity contribution in [1.29, 1.82) is 0 Å². The van der Waals surface area contributed by atoms with Crippen LogP contribution in [0.5, 0.6) is 0 Å². The van der Waals surface area contributed by atoms with Crippen LogP contribution in [0, 0.1) is 6.92 Å². The van der Waals surface area contributed by atoms with Crippen molar-refractivity contribution in [3.63, 3.8) is 0 Å². The van der Waals surface area contributed by atoms with Crippen molar-refractivity contribution in [2.24, 2.45) is 0 Å². The molecule has 2 rings (SSSR count). The van der Waals surface area contributed by atoms with Crippen molar-refractivity contribution >= 4 is 43.0 Å². The SMILES string of the molecule is Cc1sc(Br)cc1S(=O)(=O)NCc1ccccc1N. The van der Waals surface area contributed by atoms with Gasteiger partial charge in [0.2, 0.25) is 10.0 Å². The number of nitrogens with two attached hydrogens (primary N) is 1. The molecule has 19 heavy (non-hydrogen) atoms. The van der Waals surface area contributed by atoms with Crippen LogP contribution < -0.4 is 10.5 Å². The molecule has 7 heteroatoms. The zero-order valence-corrected chi connectivity index (χ0v) is 13.4. The van der Waals surface area contributed by atoms with Crippen LogP contribution in [-0.2, 0) is 16.6 Å². The number of thiophene rings is 1. The number of benzene rings is 1. The third-order valence-corrected chi connectivity index (χ3v) is 5.85. The molecule has 2 aromatic rings. The first kappa shape index (κ1) is 14.5. The number of nitrogen functional groups attached to an aromatic ring is 1. The summed E-state index contributed by atoms with van der Waals surface area (Å²) in [6.07, 6.45) is 0. The molecule has 4 nitrogen and oxygen atoms in total. The summed E-state index contributed by atoms with van der Waals surface area (Å²) in [6.45, 7) is 1.96. The highest BCUT2D eigenvalue weighted by Crippen LogP contribution is 2.29. The topological polar surface area (TPSA) is 72.2 Å². The van der Waals surface area contributed by atoms with Crippen LogP contribution in [0.1, 0.15) is 10.4 Å². The zero-order chi connectivity index (χ0) is 14.0. The number of anilines is 1. The lowest BCUT2D eigenvalue weighted by molar-refractivity contribution is 0.581. The molecular weight excluding hydrogens is 348 g/mol. The standard InChI is InChI=1S/C12H13BrN2O2S2/c1-8-11(6-12(13)18-8)19(16,17)15-7-9-4-2-3-5-10(9)14/h2-6,15H,7,14H2,1H3. The molecule has 0 spiro atoms. The van der Waals surface area contributed by atoms with Crippen LogP contribution in [-0.4, -0.2) is 8.42 Å². The average molecular weight is 361 g/mol. The quantitative estimate of drug-likeness (QED) is 0.823. The third-order valence-electron chi connectivity index (χ3n) is 2.64. The maximum atomic E-state index is 12.2. The molecule has 0 fully saturated rings. The van der Waals surface area contributed by atoms with E-state index >= 15 is 0 Å². The van der Waals surface area contributed by atoms with Crippen molar-refractivity contribution in [1.82, 2.24) is 4.72 Å². The van der Waals surface area contributed by atoms with Crippen LogP contribution in [0.3, 0.4) is 0 Å². The number of hydrogen-bond acceptors (Lipinski definition) is 4. The molecular formula is C12H13BrN2O2S2. The monoisotopic (exact) mass is 360 g/mol. The van der Waals surface area contributed by atoms with E-state index in [9.17, 15) is 8.42 Å². The Hall–Kier alpha value is -0.890. The normalized spacial score (nSPS) is 11.7. The first-order valence-electron chi connectivity index (χ1n) is 5.49. The maximum Gasteiger partial charge on any atom is 0.242 e. The van der Waals surface area contributed by atoms with Crippen molar-refractivity contribution in [2.75, 3.05) is 5.73 Å².